The van der Waals surface area contributed by atoms with Gasteiger partial charge in [-0.2, -0.15) is 0 Å². The van der Waals surface area contributed by atoms with E-state index < -0.39 is 51.2 Å². The number of hydrogen-bond donors (Lipinski definition) is 1. The Morgan fingerprint density at radius 1 is 0.950 bits per heavy atom. The normalized spacial score (nSPS) is 15.5. The third kappa shape index (κ3) is 7.60. The zero-order chi connectivity index (χ0) is 28.9. The topological polar surface area (TPSA) is 69.7 Å². The zero-order valence-electron chi connectivity index (χ0n) is 22.0. The van der Waals surface area contributed by atoms with E-state index >= 15 is 0 Å². The monoisotopic (exact) mass is 577 g/mol. The number of nitrogens with zero attached hydrogens (tertiary/aromatic N) is 2. The smallest absolute Gasteiger partial charge is 0.239 e. The maximum absolute atomic E-state index is 14.1. The number of rotatable bonds is 10. The molecular weight excluding hydrogens is 546 g/mol. The van der Waals surface area contributed by atoms with Crippen molar-refractivity contribution in [2.45, 2.75) is 44.0 Å². The van der Waals surface area contributed by atoms with Crippen LogP contribution in [0.15, 0.2) is 66.7 Å². The average Bonchev–Trinajstić information content (AvgIpc) is 2.90. The van der Waals surface area contributed by atoms with Crippen molar-refractivity contribution in [3.05, 3.63) is 101 Å². The van der Waals surface area contributed by atoms with E-state index in [1.807, 2.05) is 6.92 Å². The first kappa shape index (κ1) is 29.5. The number of carbonyl (C=O) groups excluding carboxylic acids is 1. The van der Waals surface area contributed by atoms with Crippen LogP contribution in [0.3, 0.4) is 0 Å². The number of anilines is 1. The number of halogens is 4. The fourth-order valence-corrected chi connectivity index (χ4v) is 6.54. The first-order chi connectivity index (χ1) is 19.0. The van der Waals surface area contributed by atoms with Crippen LogP contribution in [0.2, 0.25) is 0 Å². The summed E-state index contributed by atoms with van der Waals surface area (Å²) in [7, 11) is -3.85. The first-order valence-electron chi connectivity index (χ1n) is 13.0. The minimum Gasteiger partial charge on any atom is -0.353 e. The van der Waals surface area contributed by atoms with Gasteiger partial charge in [-0.25, -0.2) is 26.0 Å². The molecule has 1 atom stereocenters. The van der Waals surface area contributed by atoms with Crippen molar-refractivity contribution in [2.75, 3.05) is 23.9 Å². The van der Waals surface area contributed by atoms with E-state index in [4.69, 9.17) is 0 Å². The molecule has 6 nitrogen and oxygen atoms in total. The lowest BCUT2D eigenvalue weighted by atomic mass is 10.0. The quantitative estimate of drug-likeness (QED) is 0.352. The third-order valence-electron chi connectivity index (χ3n) is 7.02. The Hall–Kier alpha value is -3.44. The summed E-state index contributed by atoms with van der Waals surface area (Å²) in [6, 6.07) is 14.9. The highest BCUT2D eigenvalue weighted by Gasteiger charge is 2.30. The van der Waals surface area contributed by atoms with E-state index in [-0.39, 0.29) is 30.1 Å². The Morgan fingerprint density at radius 3 is 2.23 bits per heavy atom. The standard InChI is InChI=1S/C29H31F4N3O3S/c1-20(18-36(25-9-5-8-22(30)14-25)40(38,39)19-21-6-3-2-4-7-21)35-12-10-24(11-13-35)34-29(37)17-26-27(32)15-23(31)16-28(26)33/h2-9,14-16,20,24H,10-13,17-19H2,1H3,(H,34,37)/t20-/m1/s1. The van der Waals surface area contributed by atoms with E-state index in [1.165, 1.54) is 22.5 Å². The van der Waals surface area contributed by atoms with Crippen molar-refractivity contribution >= 4 is 21.6 Å². The molecule has 1 fully saturated rings. The highest BCUT2D eigenvalue weighted by molar-refractivity contribution is 7.92. The van der Waals surface area contributed by atoms with Crippen LogP contribution in [0, 0.1) is 23.3 Å². The summed E-state index contributed by atoms with van der Waals surface area (Å²) in [5.41, 5.74) is 0.373. The summed E-state index contributed by atoms with van der Waals surface area (Å²) in [4.78, 5) is 14.5. The summed E-state index contributed by atoms with van der Waals surface area (Å²) >= 11 is 0. The molecule has 3 aromatic rings. The molecule has 0 aliphatic carbocycles. The average molecular weight is 578 g/mol. The molecule has 1 aliphatic heterocycles. The van der Waals surface area contributed by atoms with Crippen LogP contribution in [0.25, 0.3) is 0 Å². The third-order valence-corrected chi connectivity index (χ3v) is 8.74. The molecule has 1 saturated heterocycles. The van der Waals surface area contributed by atoms with Gasteiger partial charge in [-0.05, 0) is 43.5 Å². The molecule has 0 unspecified atom stereocenters. The van der Waals surface area contributed by atoms with Crippen LogP contribution < -0.4 is 9.62 Å². The number of benzene rings is 3. The van der Waals surface area contributed by atoms with Crippen LogP contribution in [0.4, 0.5) is 23.2 Å². The second-order valence-electron chi connectivity index (χ2n) is 10.0. The van der Waals surface area contributed by atoms with Crippen molar-refractivity contribution < 1.29 is 30.8 Å². The van der Waals surface area contributed by atoms with Crippen LogP contribution in [0.1, 0.15) is 30.9 Å². The van der Waals surface area contributed by atoms with E-state index in [9.17, 15) is 30.8 Å². The Morgan fingerprint density at radius 2 is 1.60 bits per heavy atom. The number of piperidine rings is 1. The van der Waals surface area contributed by atoms with E-state index in [0.29, 0.717) is 43.6 Å². The SMILES string of the molecule is C[C@H](CN(c1cccc(F)c1)S(=O)(=O)Cc1ccccc1)N1CCC(NC(=O)Cc2c(F)cc(F)cc2F)CC1. The highest BCUT2D eigenvalue weighted by Crippen LogP contribution is 2.24. The van der Waals surface area contributed by atoms with Gasteiger partial charge in [-0.15, -0.1) is 0 Å². The van der Waals surface area contributed by atoms with E-state index in [0.717, 1.165) is 0 Å². The molecular formula is C29H31F4N3O3S. The van der Waals surface area contributed by atoms with Gasteiger partial charge in [-0.1, -0.05) is 36.4 Å². The van der Waals surface area contributed by atoms with Crippen LogP contribution >= 0.6 is 0 Å². The number of amides is 1. The molecule has 3 aromatic carbocycles. The molecule has 1 aliphatic rings. The fraction of sp³-hybridized carbons (Fsp3) is 0.345. The molecule has 214 valence electrons. The van der Waals surface area contributed by atoms with Crippen LogP contribution in [0.5, 0.6) is 0 Å². The lowest BCUT2D eigenvalue weighted by Gasteiger charge is -2.38. The Balaban J connectivity index is 1.38. The van der Waals surface area contributed by atoms with Crippen molar-refractivity contribution in [2.24, 2.45) is 0 Å². The number of likely N-dealkylation sites (tertiary alicyclic amines) is 1. The minimum absolute atomic E-state index is 0.0960. The summed E-state index contributed by atoms with van der Waals surface area (Å²) in [6.07, 6.45) is 0.540. The van der Waals surface area contributed by atoms with Gasteiger partial charge in [0.05, 0.1) is 17.9 Å². The van der Waals surface area contributed by atoms with Crippen LogP contribution in [-0.4, -0.2) is 50.9 Å². The largest absolute Gasteiger partial charge is 0.353 e. The first-order valence-corrected chi connectivity index (χ1v) is 14.6. The zero-order valence-corrected chi connectivity index (χ0v) is 22.8. The van der Waals surface area contributed by atoms with Crippen molar-refractivity contribution in [3.63, 3.8) is 0 Å². The van der Waals surface area contributed by atoms with E-state index in [2.05, 4.69) is 10.2 Å². The Labute approximate surface area is 231 Å². The molecule has 0 spiro atoms. The molecule has 40 heavy (non-hydrogen) atoms. The van der Waals surface area contributed by atoms with Gasteiger partial charge in [0, 0.05) is 49.4 Å². The maximum atomic E-state index is 14.1. The number of hydrogen-bond acceptors (Lipinski definition) is 4. The predicted molar refractivity (Wildman–Crippen MR) is 145 cm³/mol. The van der Waals surface area contributed by atoms with Crippen molar-refractivity contribution in [1.82, 2.24) is 10.2 Å². The second kappa shape index (κ2) is 12.8. The van der Waals surface area contributed by atoms with Crippen molar-refractivity contribution in [3.8, 4) is 0 Å². The summed E-state index contributed by atoms with van der Waals surface area (Å²) < 4.78 is 83.2. The van der Waals surface area contributed by atoms with Gasteiger partial charge in [0.2, 0.25) is 15.9 Å². The van der Waals surface area contributed by atoms with Crippen molar-refractivity contribution in [1.29, 1.82) is 0 Å². The predicted octanol–water partition coefficient (Wildman–Crippen LogP) is 4.79. The van der Waals surface area contributed by atoms with Gasteiger partial charge in [0.1, 0.15) is 23.3 Å². The highest BCUT2D eigenvalue weighted by atomic mass is 32.2. The Bertz CT molecular complexity index is 1410. The molecule has 1 N–H and O–H groups in total. The molecule has 11 heteroatoms. The van der Waals surface area contributed by atoms with E-state index in [1.54, 1.807) is 36.4 Å². The lowest BCUT2D eigenvalue weighted by molar-refractivity contribution is -0.121. The van der Waals surface area contributed by atoms with Gasteiger partial charge in [0.15, 0.2) is 0 Å². The maximum Gasteiger partial charge on any atom is 0.239 e. The molecule has 0 bridgehead atoms. The Kier molecular flexibility index (Phi) is 9.47. The van der Waals surface area contributed by atoms with Gasteiger partial charge < -0.3 is 5.32 Å². The minimum atomic E-state index is -3.85. The van der Waals surface area contributed by atoms with Crippen LogP contribution in [-0.2, 0) is 27.0 Å². The summed E-state index contributed by atoms with van der Waals surface area (Å²) in [5.74, 6) is -4.62. The molecule has 0 saturated carbocycles. The molecule has 1 heterocycles. The molecule has 1 amide bonds. The molecule has 0 radical (unpaired) electrons. The van der Waals surface area contributed by atoms with Gasteiger partial charge >= 0.3 is 0 Å². The van der Waals surface area contributed by atoms with Gasteiger partial charge in [0.25, 0.3) is 0 Å². The molecule has 0 aromatic heterocycles. The summed E-state index contributed by atoms with van der Waals surface area (Å²) in [6.45, 7) is 3.07. The van der Waals surface area contributed by atoms with Gasteiger partial charge in [-0.3, -0.25) is 14.0 Å². The number of carbonyl (C=O) groups is 1. The number of nitrogens with one attached hydrogen (secondary N) is 1. The second-order valence-corrected chi connectivity index (χ2v) is 11.9. The summed E-state index contributed by atoms with van der Waals surface area (Å²) in [5, 5.41) is 2.78. The fourth-order valence-electron chi connectivity index (χ4n) is 4.89. The number of sulfonamides is 1. The molecule has 4 rings (SSSR count). The lowest BCUT2D eigenvalue weighted by Crippen LogP contribution is -2.51.